The molecular weight excluding hydrogens is 168 g/mol. The molecule has 0 radical (unpaired) electrons. The lowest BCUT2D eigenvalue weighted by Gasteiger charge is -2.15. The maximum atomic E-state index is 11.0. The molecule has 4 heteroatoms. The molecular formula is C7H11ClO3. The van der Waals surface area contributed by atoms with Gasteiger partial charge < -0.3 is 9.47 Å². The van der Waals surface area contributed by atoms with Crippen molar-refractivity contribution < 1.29 is 14.3 Å². The van der Waals surface area contributed by atoms with Crippen LogP contribution in [0.25, 0.3) is 0 Å². The van der Waals surface area contributed by atoms with Crippen LogP contribution in [0.2, 0.25) is 0 Å². The van der Waals surface area contributed by atoms with Crippen LogP contribution >= 0.6 is 11.6 Å². The Morgan fingerprint density at radius 2 is 2.36 bits per heavy atom. The van der Waals surface area contributed by atoms with Crippen molar-refractivity contribution >= 4 is 17.4 Å². The highest BCUT2D eigenvalue weighted by atomic mass is 35.5. The lowest BCUT2D eigenvalue weighted by molar-refractivity contribution is -0.150. The Labute approximate surface area is 70.6 Å². The van der Waals surface area contributed by atoms with Gasteiger partial charge in [-0.2, -0.15) is 0 Å². The molecule has 64 valence electrons. The summed E-state index contributed by atoms with van der Waals surface area (Å²) in [7, 11) is 0. The summed E-state index contributed by atoms with van der Waals surface area (Å²) in [5, 5.41) is 0. The van der Waals surface area contributed by atoms with Gasteiger partial charge in [0.25, 0.3) is 0 Å². The molecule has 1 unspecified atom stereocenters. The molecule has 0 N–H and O–H groups in total. The fourth-order valence-corrected chi connectivity index (χ4v) is 1.10. The van der Waals surface area contributed by atoms with Gasteiger partial charge >= 0.3 is 0 Å². The van der Waals surface area contributed by atoms with Crippen molar-refractivity contribution in [2.45, 2.75) is 25.7 Å². The van der Waals surface area contributed by atoms with E-state index in [9.17, 15) is 4.79 Å². The highest BCUT2D eigenvalue weighted by molar-refractivity contribution is 6.28. The van der Waals surface area contributed by atoms with Gasteiger partial charge in [0, 0.05) is 0 Å². The average molecular weight is 179 g/mol. The highest BCUT2D eigenvalue weighted by Gasteiger charge is 2.36. The maximum Gasteiger partial charge on any atom is 0.178 e. The highest BCUT2D eigenvalue weighted by Crippen LogP contribution is 2.22. The number of rotatable bonds is 2. The molecule has 1 aliphatic heterocycles. The quantitative estimate of drug-likeness (QED) is 0.591. The predicted molar refractivity (Wildman–Crippen MR) is 40.6 cm³/mol. The topological polar surface area (TPSA) is 35.5 Å². The van der Waals surface area contributed by atoms with E-state index in [2.05, 4.69) is 0 Å². The third-order valence-corrected chi connectivity index (χ3v) is 1.76. The van der Waals surface area contributed by atoms with E-state index in [-0.39, 0.29) is 11.7 Å². The third kappa shape index (κ3) is 2.15. The number of hydrogen-bond donors (Lipinski definition) is 0. The fraction of sp³-hybridized carbons (Fsp3) is 0.857. The summed E-state index contributed by atoms with van der Waals surface area (Å²) in [5.74, 6) is -0.756. The third-order valence-electron chi connectivity index (χ3n) is 1.50. The van der Waals surface area contributed by atoms with Crippen LogP contribution in [-0.4, -0.2) is 30.2 Å². The molecule has 1 aliphatic rings. The van der Waals surface area contributed by atoms with Gasteiger partial charge in [0.05, 0.1) is 12.5 Å². The van der Waals surface area contributed by atoms with Gasteiger partial charge in [0.1, 0.15) is 6.10 Å². The van der Waals surface area contributed by atoms with Crippen molar-refractivity contribution in [3.8, 4) is 0 Å². The first kappa shape index (κ1) is 8.97. The van der Waals surface area contributed by atoms with Crippen molar-refractivity contribution in [3.05, 3.63) is 0 Å². The van der Waals surface area contributed by atoms with Gasteiger partial charge in [0.15, 0.2) is 11.6 Å². The van der Waals surface area contributed by atoms with Crippen LogP contribution < -0.4 is 0 Å². The van der Waals surface area contributed by atoms with Crippen LogP contribution in [-0.2, 0) is 14.3 Å². The Morgan fingerprint density at radius 3 is 2.73 bits per heavy atom. The lowest BCUT2D eigenvalue weighted by Crippen LogP contribution is -2.27. The van der Waals surface area contributed by atoms with Gasteiger partial charge in [-0.1, -0.05) is 0 Å². The van der Waals surface area contributed by atoms with Crippen LogP contribution in [0.4, 0.5) is 0 Å². The van der Waals surface area contributed by atoms with E-state index in [1.807, 2.05) is 0 Å². The van der Waals surface area contributed by atoms with Crippen LogP contribution in [0, 0.1) is 0 Å². The standard InChI is InChI=1S/C7H11ClO3/c1-7(2)10-4-6(11-7)5(9)3-8/h6H,3-4H2,1-2H3. The zero-order valence-corrected chi connectivity index (χ0v) is 7.35. The van der Waals surface area contributed by atoms with E-state index in [1.165, 1.54) is 0 Å². The Hall–Kier alpha value is -0.120. The van der Waals surface area contributed by atoms with Crippen LogP contribution in [0.5, 0.6) is 0 Å². The molecule has 1 saturated heterocycles. The maximum absolute atomic E-state index is 11.0. The zero-order chi connectivity index (χ0) is 8.48. The number of Topliss-reactive ketones (excluding diaryl/α,β-unsaturated/α-hetero) is 1. The van der Waals surface area contributed by atoms with Crippen molar-refractivity contribution in [1.82, 2.24) is 0 Å². The molecule has 3 nitrogen and oxygen atoms in total. The van der Waals surface area contributed by atoms with E-state index in [0.29, 0.717) is 6.61 Å². The molecule has 1 heterocycles. The van der Waals surface area contributed by atoms with Crippen molar-refractivity contribution in [3.63, 3.8) is 0 Å². The summed E-state index contributed by atoms with van der Waals surface area (Å²) in [4.78, 5) is 11.0. The molecule has 0 amide bonds. The monoisotopic (exact) mass is 178 g/mol. The van der Waals surface area contributed by atoms with Crippen LogP contribution in [0.3, 0.4) is 0 Å². The second-order valence-corrected chi connectivity index (χ2v) is 3.18. The summed E-state index contributed by atoms with van der Waals surface area (Å²) >= 11 is 5.34. The zero-order valence-electron chi connectivity index (χ0n) is 6.59. The largest absolute Gasteiger partial charge is 0.347 e. The number of hydrogen-bond acceptors (Lipinski definition) is 3. The molecule has 0 bridgehead atoms. The lowest BCUT2D eigenvalue weighted by atomic mass is 10.3. The number of carbonyl (C=O) groups excluding carboxylic acids is 1. The van der Waals surface area contributed by atoms with Crippen LogP contribution in [0.15, 0.2) is 0 Å². The summed E-state index contributed by atoms with van der Waals surface area (Å²) in [5.41, 5.74) is 0. The summed E-state index contributed by atoms with van der Waals surface area (Å²) in [6.45, 7) is 3.86. The predicted octanol–water partition coefficient (Wildman–Crippen LogP) is 0.946. The normalized spacial score (nSPS) is 28.8. The molecule has 0 aliphatic carbocycles. The number of ether oxygens (including phenoxy) is 2. The smallest absolute Gasteiger partial charge is 0.178 e. The fourth-order valence-electron chi connectivity index (χ4n) is 0.932. The minimum atomic E-state index is -0.633. The van der Waals surface area contributed by atoms with E-state index < -0.39 is 11.9 Å². The van der Waals surface area contributed by atoms with Gasteiger partial charge in [0.2, 0.25) is 0 Å². The first-order valence-corrected chi connectivity index (χ1v) is 3.99. The molecule has 0 aromatic rings. The summed E-state index contributed by atoms with van der Waals surface area (Å²) < 4.78 is 10.4. The molecule has 0 aromatic heterocycles. The number of ketones is 1. The summed E-state index contributed by atoms with van der Waals surface area (Å²) in [6, 6.07) is 0. The minimum Gasteiger partial charge on any atom is -0.347 e. The van der Waals surface area contributed by atoms with Gasteiger partial charge in [-0.15, -0.1) is 11.6 Å². The molecule has 0 aromatic carbocycles. The van der Waals surface area contributed by atoms with Crippen molar-refractivity contribution in [2.24, 2.45) is 0 Å². The molecule has 1 fully saturated rings. The number of halogens is 1. The van der Waals surface area contributed by atoms with Crippen LogP contribution in [0.1, 0.15) is 13.8 Å². The molecule has 0 spiro atoms. The first-order chi connectivity index (χ1) is 5.05. The van der Waals surface area contributed by atoms with E-state index >= 15 is 0 Å². The van der Waals surface area contributed by atoms with E-state index in [0.717, 1.165) is 0 Å². The van der Waals surface area contributed by atoms with Crippen molar-refractivity contribution in [1.29, 1.82) is 0 Å². The SMILES string of the molecule is CC1(C)OCC(C(=O)CCl)O1. The van der Waals surface area contributed by atoms with Gasteiger partial charge in [-0.25, -0.2) is 0 Å². The summed E-state index contributed by atoms with van der Waals surface area (Å²) in [6.07, 6.45) is -0.470. The number of carbonyl (C=O) groups is 1. The second-order valence-electron chi connectivity index (χ2n) is 2.92. The Balaban J connectivity index is 2.48. The Kier molecular flexibility index (Phi) is 2.52. The molecule has 0 saturated carbocycles. The van der Waals surface area contributed by atoms with E-state index in [1.54, 1.807) is 13.8 Å². The average Bonchev–Trinajstić information content (AvgIpc) is 2.29. The van der Waals surface area contributed by atoms with Crippen molar-refractivity contribution in [2.75, 3.05) is 12.5 Å². The molecule has 1 atom stereocenters. The first-order valence-electron chi connectivity index (χ1n) is 3.45. The number of alkyl halides is 1. The Morgan fingerprint density at radius 1 is 1.73 bits per heavy atom. The van der Waals surface area contributed by atoms with E-state index in [4.69, 9.17) is 21.1 Å². The minimum absolute atomic E-state index is 0.00981. The molecule has 1 rings (SSSR count). The Bertz CT molecular complexity index is 167. The van der Waals surface area contributed by atoms with Gasteiger partial charge in [-0.05, 0) is 13.8 Å². The second kappa shape index (κ2) is 3.09. The van der Waals surface area contributed by atoms with Gasteiger partial charge in [-0.3, -0.25) is 4.79 Å². The molecule has 11 heavy (non-hydrogen) atoms.